The Bertz CT molecular complexity index is 543. The first-order valence-corrected chi connectivity index (χ1v) is 6.36. The van der Waals surface area contributed by atoms with Gasteiger partial charge in [-0.15, -0.1) is 0 Å². The maximum absolute atomic E-state index is 13.8. The van der Waals surface area contributed by atoms with Gasteiger partial charge in [0.15, 0.2) is 11.6 Å². The van der Waals surface area contributed by atoms with Gasteiger partial charge in [0.2, 0.25) is 0 Å². The van der Waals surface area contributed by atoms with Gasteiger partial charge >= 0.3 is 0 Å². The largest absolute Gasteiger partial charge is 0.368 e. The van der Waals surface area contributed by atoms with Gasteiger partial charge in [-0.05, 0) is 31.0 Å². The molecule has 100 valence electrons. The summed E-state index contributed by atoms with van der Waals surface area (Å²) in [5, 5.41) is 2.99. The molecule has 0 atom stereocenters. The lowest BCUT2D eigenvalue weighted by atomic mass is 10.2. The number of halogens is 1. The number of nitrogens with zero attached hydrogens (tertiary/aromatic N) is 3. The second-order valence-corrected chi connectivity index (χ2v) is 4.35. The Labute approximate surface area is 112 Å². The van der Waals surface area contributed by atoms with Crippen LogP contribution in [-0.2, 0) is 6.42 Å². The second kappa shape index (κ2) is 6.22. The number of rotatable bonds is 5. The molecule has 4 nitrogen and oxygen atoms in total. The van der Waals surface area contributed by atoms with E-state index in [4.69, 9.17) is 0 Å². The molecule has 2 heterocycles. The summed E-state index contributed by atoms with van der Waals surface area (Å²) in [5.74, 6) is 0.536. The van der Waals surface area contributed by atoms with Crippen LogP contribution in [0.15, 0.2) is 24.5 Å². The third-order valence-corrected chi connectivity index (χ3v) is 2.72. The van der Waals surface area contributed by atoms with Crippen LogP contribution in [0, 0.1) is 12.7 Å². The number of aromatic nitrogens is 3. The van der Waals surface area contributed by atoms with Gasteiger partial charge in [0, 0.05) is 25.4 Å². The monoisotopic (exact) mass is 260 g/mol. The quantitative estimate of drug-likeness (QED) is 0.898. The molecule has 0 radical (unpaired) electrons. The molecule has 2 rings (SSSR count). The standard InChI is InChI=1S/C14H17FN4/c1-3-6-17-14-13(15)10(2)18-12(19-14)9-11-4-7-16-8-5-11/h4-5,7-8H,3,6,9H2,1-2H3,(H,17,18,19). The van der Waals surface area contributed by atoms with Crippen molar-refractivity contribution >= 4 is 5.82 Å². The highest BCUT2D eigenvalue weighted by molar-refractivity contribution is 5.38. The zero-order valence-corrected chi connectivity index (χ0v) is 11.2. The van der Waals surface area contributed by atoms with E-state index >= 15 is 0 Å². The molecule has 0 saturated carbocycles. The van der Waals surface area contributed by atoms with Gasteiger partial charge < -0.3 is 5.32 Å². The van der Waals surface area contributed by atoms with Crippen molar-refractivity contribution in [2.24, 2.45) is 0 Å². The molecule has 2 aromatic rings. The second-order valence-electron chi connectivity index (χ2n) is 4.35. The van der Waals surface area contributed by atoms with Crippen LogP contribution in [-0.4, -0.2) is 21.5 Å². The van der Waals surface area contributed by atoms with Crippen LogP contribution in [0.1, 0.15) is 30.4 Å². The van der Waals surface area contributed by atoms with E-state index in [1.807, 2.05) is 19.1 Å². The van der Waals surface area contributed by atoms with E-state index in [9.17, 15) is 4.39 Å². The van der Waals surface area contributed by atoms with Crippen LogP contribution in [0.4, 0.5) is 10.2 Å². The summed E-state index contributed by atoms with van der Waals surface area (Å²) in [6, 6.07) is 3.81. The summed E-state index contributed by atoms with van der Waals surface area (Å²) in [4.78, 5) is 12.4. The van der Waals surface area contributed by atoms with Crippen molar-refractivity contribution in [2.75, 3.05) is 11.9 Å². The number of nitrogens with one attached hydrogen (secondary N) is 1. The number of pyridine rings is 1. The summed E-state index contributed by atoms with van der Waals surface area (Å²) in [6.07, 6.45) is 4.94. The Balaban J connectivity index is 2.23. The smallest absolute Gasteiger partial charge is 0.186 e. The van der Waals surface area contributed by atoms with E-state index < -0.39 is 0 Å². The molecule has 0 aromatic carbocycles. The van der Waals surface area contributed by atoms with Gasteiger partial charge in [-0.1, -0.05) is 6.92 Å². The highest BCUT2D eigenvalue weighted by Gasteiger charge is 2.11. The lowest BCUT2D eigenvalue weighted by Crippen LogP contribution is -2.10. The first kappa shape index (κ1) is 13.4. The number of hydrogen-bond donors (Lipinski definition) is 1. The van der Waals surface area contributed by atoms with Crippen molar-refractivity contribution in [3.63, 3.8) is 0 Å². The van der Waals surface area contributed by atoms with Crippen LogP contribution >= 0.6 is 0 Å². The average molecular weight is 260 g/mol. The van der Waals surface area contributed by atoms with Gasteiger partial charge in [0.05, 0.1) is 5.69 Å². The summed E-state index contributed by atoms with van der Waals surface area (Å²) in [7, 11) is 0. The van der Waals surface area contributed by atoms with Crippen molar-refractivity contribution in [3.05, 3.63) is 47.4 Å². The molecular weight excluding hydrogens is 243 g/mol. The summed E-state index contributed by atoms with van der Waals surface area (Å²) in [6.45, 7) is 4.38. The predicted octanol–water partition coefficient (Wildman–Crippen LogP) is 2.73. The molecular formula is C14H17FN4. The molecule has 0 bridgehead atoms. The molecule has 0 aliphatic carbocycles. The molecule has 19 heavy (non-hydrogen) atoms. The van der Waals surface area contributed by atoms with E-state index in [1.54, 1.807) is 19.3 Å². The maximum atomic E-state index is 13.8. The van der Waals surface area contributed by atoms with Crippen molar-refractivity contribution in [3.8, 4) is 0 Å². The van der Waals surface area contributed by atoms with Crippen LogP contribution in [0.25, 0.3) is 0 Å². The zero-order valence-electron chi connectivity index (χ0n) is 11.2. The Morgan fingerprint density at radius 2 is 1.95 bits per heavy atom. The van der Waals surface area contributed by atoms with Crippen molar-refractivity contribution in [2.45, 2.75) is 26.7 Å². The topological polar surface area (TPSA) is 50.7 Å². The van der Waals surface area contributed by atoms with E-state index in [1.165, 1.54) is 0 Å². The van der Waals surface area contributed by atoms with E-state index in [-0.39, 0.29) is 5.82 Å². The van der Waals surface area contributed by atoms with Crippen LogP contribution in [0.3, 0.4) is 0 Å². The fraction of sp³-hybridized carbons (Fsp3) is 0.357. The van der Waals surface area contributed by atoms with E-state index in [0.29, 0.717) is 30.3 Å². The number of hydrogen-bond acceptors (Lipinski definition) is 4. The molecule has 0 aliphatic heterocycles. The van der Waals surface area contributed by atoms with Gasteiger partial charge in [-0.2, -0.15) is 0 Å². The SMILES string of the molecule is CCCNc1nc(Cc2ccncc2)nc(C)c1F. The first-order valence-electron chi connectivity index (χ1n) is 6.36. The molecule has 1 N–H and O–H groups in total. The molecule has 5 heteroatoms. The number of aryl methyl sites for hydroxylation is 1. The summed E-state index contributed by atoms with van der Waals surface area (Å²) >= 11 is 0. The Kier molecular flexibility index (Phi) is 4.39. The summed E-state index contributed by atoms with van der Waals surface area (Å²) < 4.78 is 13.8. The summed E-state index contributed by atoms with van der Waals surface area (Å²) in [5.41, 5.74) is 1.43. The number of anilines is 1. The molecule has 0 spiro atoms. The normalized spacial score (nSPS) is 10.5. The lowest BCUT2D eigenvalue weighted by Gasteiger charge is -2.09. The molecule has 0 aliphatic rings. The molecule has 0 fully saturated rings. The van der Waals surface area contributed by atoms with Crippen LogP contribution < -0.4 is 5.32 Å². The first-order chi connectivity index (χ1) is 9.20. The van der Waals surface area contributed by atoms with Crippen molar-refractivity contribution in [1.82, 2.24) is 15.0 Å². The fourth-order valence-corrected chi connectivity index (χ4v) is 1.74. The minimum absolute atomic E-state index is 0.290. The maximum Gasteiger partial charge on any atom is 0.186 e. The predicted molar refractivity (Wildman–Crippen MR) is 72.6 cm³/mol. The van der Waals surface area contributed by atoms with Crippen LogP contribution in [0.2, 0.25) is 0 Å². The Morgan fingerprint density at radius 3 is 2.63 bits per heavy atom. The molecule has 0 unspecified atom stereocenters. The highest BCUT2D eigenvalue weighted by atomic mass is 19.1. The molecule has 2 aromatic heterocycles. The minimum Gasteiger partial charge on any atom is -0.368 e. The highest BCUT2D eigenvalue weighted by Crippen LogP contribution is 2.15. The van der Waals surface area contributed by atoms with E-state index in [0.717, 1.165) is 12.0 Å². The zero-order chi connectivity index (χ0) is 13.7. The fourth-order valence-electron chi connectivity index (χ4n) is 1.74. The average Bonchev–Trinajstić information content (AvgIpc) is 2.42. The van der Waals surface area contributed by atoms with Crippen molar-refractivity contribution < 1.29 is 4.39 Å². The third kappa shape index (κ3) is 3.47. The van der Waals surface area contributed by atoms with Gasteiger partial charge in [0.25, 0.3) is 0 Å². The molecule has 0 saturated heterocycles. The van der Waals surface area contributed by atoms with Crippen LogP contribution in [0.5, 0.6) is 0 Å². The Morgan fingerprint density at radius 1 is 1.21 bits per heavy atom. The van der Waals surface area contributed by atoms with Gasteiger partial charge in [-0.3, -0.25) is 4.98 Å². The minimum atomic E-state index is -0.369. The molecule has 0 amide bonds. The van der Waals surface area contributed by atoms with E-state index in [2.05, 4.69) is 20.3 Å². The lowest BCUT2D eigenvalue weighted by molar-refractivity contribution is 0.600. The van der Waals surface area contributed by atoms with Gasteiger partial charge in [0.1, 0.15) is 5.82 Å². The van der Waals surface area contributed by atoms with Gasteiger partial charge in [-0.25, -0.2) is 14.4 Å². The Hall–Kier alpha value is -2.04. The third-order valence-electron chi connectivity index (χ3n) is 2.72. The van der Waals surface area contributed by atoms with Crippen molar-refractivity contribution in [1.29, 1.82) is 0 Å².